The number of carbonyl (C=O) groups is 3. The Hall–Kier alpha value is -2.37. The van der Waals surface area contributed by atoms with Crippen LogP contribution in [-0.4, -0.2) is 46.9 Å². The Morgan fingerprint density at radius 2 is 2.00 bits per heavy atom. The van der Waals surface area contributed by atoms with Crippen LogP contribution in [-0.2, 0) is 14.4 Å². The van der Waals surface area contributed by atoms with Crippen LogP contribution in [0.4, 0.5) is 5.69 Å². The lowest BCUT2D eigenvalue weighted by Crippen LogP contribution is -2.43. The van der Waals surface area contributed by atoms with Crippen molar-refractivity contribution in [1.82, 2.24) is 4.90 Å². The molecule has 1 aliphatic heterocycles. The number of aliphatic carboxylic acids is 1. The van der Waals surface area contributed by atoms with Gasteiger partial charge in [-0.15, -0.1) is 0 Å². The third-order valence-electron chi connectivity index (χ3n) is 3.57. The fraction of sp³-hybridized carbons (Fsp3) is 0.400. The zero-order valence-corrected chi connectivity index (χ0v) is 11.9. The molecule has 0 bridgehead atoms. The van der Waals surface area contributed by atoms with E-state index in [1.165, 1.54) is 4.90 Å². The molecule has 0 spiro atoms. The molecule has 1 atom stereocenters. The largest absolute Gasteiger partial charge is 0.481 e. The summed E-state index contributed by atoms with van der Waals surface area (Å²) in [6, 6.07) is 8.50. The summed E-state index contributed by atoms with van der Waals surface area (Å²) < 4.78 is 0. The van der Waals surface area contributed by atoms with Gasteiger partial charge >= 0.3 is 5.97 Å². The smallest absolute Gasteiger partial charge is 0.305 e. The fourth-order valence-electron chi connectivity index (χ4n) is 2.54. The van der Waals surface area contributed by atoms with Crippen molar-refractivity contribution < 1.29 is 19.5 Å². The van der Waals surface area contributed by atoms with Crippen molar-refractivity contribution in [2.45, 2.75) is 25.8 Å². The van der Waals surface area contributed by atoms with Crippen molar-refractivity contribution >= 4 is 23.5 Å². The lowest BCUT2D eigenvalue weighted by Gasteiger charge is -2.29. The molecule has 1 unspecified atom stereocenters. The number of nitrogens with zero attached hydrogens (tertiary/aromatic N) is 2. The molecule has 21 heavy (non-hydrogen) atoms. The van der Waals surface area contributed by atoms with Gasteiger partial charge in [0.15, 0.2) is 0 Å². The maximum absolute atomic E-state index is 12.3. The number of likely N-dealkylation sites (N-methyl/N-ethyl adjacent to an activating group) is 1. The number of hydrogen-bond donors (Lipinski definition) is 1. The lowest BCUT2D eigenvalue weighted by molar-refractivity contribution is -0.139. The van der Waals surface area contributed by atoms with Crippen molar-refractivity contribution in [1.29, 1.82) is 0 Å². The van der Waals surface area contributed by atoms with Crippen molar-refractivity contribution in [3.63, 3.8) is 0 Å². The minimum absolute atomic E-state index is 0.0843. The zero-order chi connectivity index (χ0) is 15.4. The second-order valence-corrected chi connectivity index (χ2v) is 4.87. The summed E-state index contributed by atoms with van der Waals surface area (Å²) in [6.45, 7) is 2.29. The molecular formula is C15H18N2O4. The van der Waals surface area contributed by atoms with Crippen LogP contribution in [0.1, 0.15) is 19.8 Å². The monoisotopic (exact) mass is 290 g/mol. The molecule has 0 aromatic heterocycles. The molecule has 0 radical (unpaired) electrons. The molecule has 0 saturated carbocycles. The topological polar surface area (TPSA) is 77.9 Å². The second-order valence-electron chi connectivity index (χ2n) is 4.87. The van der Waals surface area contributed by atoms with E-state index < -0.39 is 12.0 Å². The van der Waals surface area contributed by atoms with Gasteiger partial charge < -0.3 is 10.0 Å². The average Bonchev–Trinajstić information content (AvgIpc) is 2.75. The first kappa shape index (κ1) is 15.0. The second kappa shape index (κ2) is 6.39. The molecule has 6 heteroatoms. The SMILES string of the molecule is CCN1C(=O)CC(N(CCC(=O)O)c2ccccc2)C1=O. The van der Waals surface area contributed by atoms with E-state index in [9.17, 15) is 14.4 Å². The molecule has 1 aliphatic rings. The molecule has 6 nitrogen and oxygen atoms in total. The van der Waals surface area contributed by atoms with Crippen LogP contribution in [0, 0.1) is 0 Å². The first-order valence-corrected chi connectivity index (χ1v) is 6.92. The van der Waals surface area contributed by atoms with Crippen LogP contribution in [0.5, 0.6) is 0 Å². The molecule has 1 aromatic carbocycles. The van der Waals surface area contributed by atoms with E-state index in [4.69, 9.17) is 5.11 Å². The lowest BCUT2D eigenvalue weighted by atomic mass is 10.1. The predicted octanol–water partition coefficient (Wildman–Crippen LogP) is 1.12. The number of hydrogen-bond acceptors (Lipinski definition) is 4. The highest BCUT2D eigenvalue weighted by atomic mass is 16.4. The summed E-state index contributed by atoms with van der Waals surface area (Å²) in [6.07, 6.45) is 0.0141. The number of carboxylic acid groups (broad SMARTS) is 1. The summed E-state index contributed by atoms with van der Waals surface area (Å²) in [5.41, 5.74) is 0.753. The molecule has 0 aliphatic carbocycles. The summed E-state index contributed by atoms with van der Waals surface area (Å²) in [5, 5.41) is 8.88. The van der Waals surface area contributed by atoms with Crippen LogP contribution < -0.4 is 4.90 Å². The molecule has 1 saturated heterocycles. The van der Waals surface area contributed by atoms with E-state index in [0.717, 1.165) is 5.69 Å². The van der Waals surface area contributed by atoms with Crippen LogP contribution in [0.15, 0.2) is 30.3 Å². The maximum atomic E-state index is 12.3. The van der Waals surface area contributed by atoms with E-state index in [-0.39, 0.29) is 31.2 Å². The van der Waals surface area contributed by atoms with Gasteiger partial charge in [0.2, 0.25) is 5.91 Å². The number of imide groups is 1. The van der Waals surface area contributed by atoms with Gasteiger partial charge in [-0.1, -0.05) is 18.2 Å². The van der Waals surface area contributed by atoms with E-state index in [2.05, 4.69) is 0 Å². The third-order valence-corrected chi connectivity index (χ3v) is 3.57. The molecular weight excluding hydrogens is 272 g/mol. The number of benzene rings is 1. The van der Waals surface area contributed by atoms with Crippen LogP contribution in [0.25, 0.3) is 0 Å². The van der Waals surface area contributed by atoms with Crippen molar-refractivity contribution in [2.75, 3.05) is 18.0 Å². The van der Waals surface area contributed by atoms with Gasteiger partial charge in [0.05, 0.1) is 12.8 Å². The normalized spacial score (nSPS) is 18.1. The number of anilines is 1. The minimum atomic E-state index is -0.931. The Balaban J connectivity index is 2.25. The molecule has 1 aromatic rings. The van der Waals surface area contributed by atoms with Gasteiger partial charge in [-0.2, -0.15) is 0 Å². The summed E-state index contributed by atoms with van der Waals surface area (Å²) >= 11 is 0. The summed E-state index contributed by atoms with van der Waals surface area (Å²) in [4.78, 5) is 37.9. The first-order chi connectivity index (χ1) is 10.0. The van der Waals surface area contributed by atoms with Gasteiger partial charge in [0.1, 0.15) is 6.04 Å². The minimum Gasteiger partial charge on any atom is -0.481 e. The van der Waals surface area contributed by atoms with Gasteiger partial charge in [0.25, 0.3) is 5.91 Å². The van der Waals surface area contributed by atoms with Crippen LogP contribution in [0.3, 0.4) is 0 Å². The highest BCUT2D eigenvalue weighted by molar-refractivity contribution is 6.07. The Kier molecular flexibility index (Phi) is 4.57. The van der Waals surface area contributed by atoms with Gasteiger partial charge in [-0.25, -0.2) is 0 Å². The zero-order valence-electron chi connectivity index (χ0n) is 11.9. The predicted molar refractivity (Wildman–Crippen MR) is 76.8 cm³/mol. The van der Waals surface area contributed by atoms with Crippen LogP contribution >= 0.6 is 0 Å². The van der Waals surface area contributed by atoms with E-state index >= 15 is 0 Å². The summed E-state index contributed by atoms with van der Waals surface area (Å²) in [5.74, 6) is -1.39. The molecule has 2 amide bonds. The van der Waals surface area contributed by atoms with Crippen molar-refractivity contribution in [2.24, 2.45) is 0 Å². The fourth-order valence-corrected chi connectivity index (χ4v) is 2.54. The van der Waals surface area contributed by atoms with Gasteiger partial charge in [0, 0.05) is 18.8 Å². The quantitative estimate of drug-likeness (QED) is 0.794. The molecule has 1 N–H and O–H groups in total. The maximum Gasteiger partial charge on any atom is 0.305 e. The number of likely N-dealkylation sites (tertiary alicyclic amines) is 1. The summed E-state index contributed by atoms with van der Waals surface area (Å²) in [7, 11) is 0. The Morgan fingerprint density at radius 3 is 2.52 bits per heavy atom. The number of rotatable bonds is 6. The molecule has 1 fully saturated rings. The highest BCUT2D eigenvalue weighted by Gasteiger charge is 2.41. The Labute approximate surface area is 123 Å². The van der Waals surface area contributed by atoms with Gasteiger partial charge in [-0.3, -0.25) is 19.3 Å². The number of carbonyl (C=O) groups excluding carboxylic acids is 2. The number of para-hydroxylation sites is 1. The average molecular weight is 290 g/mol. The van der Waals surface area contributed by atoms with Crippen molar-refractivity contribution in [3.05, 3.63) is 30.3 Å². The van der Waals surface area contributed by atoms with E-state index in [1.807, 2.05) is 30.3 Å². The van der Waals surface area contributed by atoms with Gasteiger partial charge in [-0.05, 0) is 19.1 Å². The van der Waals surface area contributed by atoms with E-state index in [0.29, 0.717) is 6.54 Å². The number of amides is 2. The van der Waals surface area contributed by atoms with E-state index in [1.54, 1.807) is 11.8 Å². The molecule has 2 rings (SSSR count). The number of carboxylic acids is 1. The molecule has 112 valence electrons. The highest BCUT2D eigenvalue weighted by Crippen LogP contribution is 2.24. The van der Waals surface area contributed by atoms with Crippen LogP contribution in [0.2, 0.25) is 0 Å². The first-order valence-electron chi connectivity index (χ1n) is 6.92. The standard InChI is InChI=1S/C15H18N2O4/c1-2-16-13(18)10-12(15(16)21)17(9-8-14(19)20)11-6-4-3-5-7-11/h3-7,12H,2,8-10H2,1H3,(H,19,20). The Morgan fingerprint density at radius 1 is 1.33 bits per heavy atom. The third kappa shape index (κ3) is 3.21. The Bertz CT molecular complexity index is 544. The molecule has 1 heterocycles. The van der Waals surface area contributed by atoms with Crippen molar-refractivity contribution in [3.8, 4) is 0 Å².